The van der Waals surface area contributed by atoms with E-state index < -0.39 is 10.3 Å². The molecule has 120 valence electrons. The Kier molecular flexibility index (Phi) is 4.64. The number of carbonyl (C=O) groups excluding carboxylic acids is 1. The molecular formula is C17H19N3O3. The summed E-state index contributed by atoms with van der Waals surface area (Å²) in [7, 11) is 0. The van der Waals surface area contributed by atoms with Gasteiger partial charge in [-0.2, -0.15) is 0 Å². The Morgan fingerprint density at radius 2 is 1.35 bits per heavy atom. The van der Waals surface area contributed by atoms with Gasteiger partial charge in [-0.25, -0.2) is 0 Å². The lowest BCUT2D eigenvalue weighted by Crippen LogP contribution is -2.27. The molecule has 0 aliphatic heterocycles. The lowest BCUT2D eigenvalue weighted by Gasteiger charge is -2.17. The van der Waals surface area contributed by atoms with Crippen molar-refractivity contribution in [2.75, 3.05) is 10.6 Å². The lowest BCUT2D eigenvalue weighted by atomic mass is 9.95. The van der Waals surface area contributed by atoms with E-state index in [4.69, 9.17) is 0 Å². The number of non-ortho nitro benzene ring substituents is 1. The Balaban J connectivity index is 2.02. The zero-order chi connectivity index (χ0) is 17.0. The van der Waals surface area contributed by atoms with Crippen molar-refractivity contribution in [3.05, 3.63) is 58.6 Å². The van der Waals surface area contributed by atoms with Crippen LogP contribution in [-0.4, -0.2) is 10.8 Å². The minimum Gasteiger partial charge on any atom is -0.356 e. The summed E-state index contributed by atoms with van der Waals surface area (Å²) < 4.78 is 0. The van der Waals surface area contributed by atoms with Gasteiger partial charge in [-0.1, -0.05) is 20.8 Å². The summed E-state index contributed by atoms with van der Waals surface area (Å²) >= 11 is 0. The second kappa shape index (κ2) is 6.48. The fourth-order valence-electron chi connectivity index (χ4n) is 1.79. The Morgan fingerprint density at radius 1 is 0.913 bits per heavy atom. The predicted molar refractivity (Wildman–Crippen MR) is 90.9 cm³/mol. The van der Waals surface area contributed by atoms with E-state index in [1.54, 1.807) is 24.3 Å². The summed E-state index contributed by atoms with van der Waals surface area (Å²) in [6.45, 7) is 5.56. The summed E-state index contributed by atoms with van der Waals surface area (Å²) in [5, 5.41) is 16.6. The average Bonchev–Trinajstić information content (AvgIpc) is 2.49. The maximum atomic E-state index is 11.9. The molecule has 6 nitrogen and oxygen atoms in total. The third-order valence-electron chi connectivity index (χ3n) is 3.19. The van der Waals surface area contributed by atoms with Crippen LogP contribution >= 0.6 is 0 Å². The van der Waals surface area contributed by atoms with Gasteiger partial charge >= 0.3 is 0 Å². The monoisotopic (exact) mass is 313 g/mol. The van der Waals surface area contributed by atoms with Gasteiger partial charge in [-0.15, -0.1) is 0 Å². The SMILES string of the molecule is CC(C)(C)C(=O)Nc1ccc(Nc2ccc([N+](=O)[O-])cc2)cc1. The topological polar surface area (TPSA) is 84.3 Å². The molecule has 2 aromatic rings. The summed E-state index contributed by atoms with van der Waals surface area (Å²) in [4.78, 5) is 22.1. The van der Waals surface area contributed by atoms with Gasteiger partial charge in [-0.05, 0) is 36.4 Å². The first-order valence-corrected chi connectivity index (χ1v) is 7.19. The molecule has 2 rings (SSSR count). The highest BCUT2D eigenvalue weighted by Crippen LogP contribution is 2.22. The van der Waals surface area contributed by atoms with Gasteiger partial charge in [0.2, 0.25) is 5.91 Å². The van der Waals surface area contributed by atoms with Crippen molar-refractivity contribution < 1.29 is 9.72 Å². The molecule has 0 aromatic heterocycles. The maximum Gasteiger partial charge on any atom is 0.269 e. The van der Waals surface area contributed by atoms with Crippen molar-refractivity contribution in [2.45, 2.75) is 20.8 Å². The number of hydrogen-bond donors (Lipinski definition) is 2. The highest BCUT2D eigenvalue weighted by Gasteiger charge is 2.20. The van der Waals surface area contributed by atoms with Crippen LogP contribution < -0.4 is 10.6 Å². The molecule has 0 saturated carbocycles. The number of nitrogens with one attached hydrogen (secondary N) is 2. The fourth-order valence-corrected chi connectivity index (χ4v) is 1.79. The standard InChI is InChI=1S/C17H19N3O3/c1-17(2,3)16(21)19-14-6-4-12(5-7-14)18-13-8-10-15(11-9-13)20(22)23/h4-11,18H,1-3H3,(H,19,21). The summed E-state index contributed by atoms with van der Waals surface area (Å²) in [6, 6.07) is 13.5. The third kappa shape index (κ3) is 4.54. The van der Waals surface area contributed by atoms with Crippen molar-refractivity contribution in [1.29, 1.82) is 0 Å². The quantitative estimate of drug-likeness (QED) is 0.650. The van der Waals surface area contributed by atoms with Crippen LogP contribution in [0.3, 0.4) is 0 Å². The molecular weight excluding hydrogens is 294 g/mol. The van der Waals surface area contributed by atoms with E-state index in [0.29, 0.717) is 0 Å². The summed E-state index contributed by atoms with van der Waals surface area (Å²) in [5.74, 6) is -0.0476. The first kappa shape index (κ1) is 16.5. The van der Waals surface area contributed by atoms with Crippen molar-refractivity contribution in [3.8, 4) is 0 Å². The van der Waals surface area contributed by atoms with Gasteiger partial charge in [0.05, 0.1) is 4.92 Å². The van der Waals surface area contributed by atoms with Gasteiger partial charge in [0.25, 0.3) is 5.69 Å². The molecule has 0 aliphatic carbocycles. The molecule has 0 unspecified atom stereocenters. The number of rotatable bonds is 4. The minimum absolute atomic E-state index is 0.0476. The Bertz CT molecular complexity index is 701. The van der Waals surface area contributed by atoms with E-state index in [1.165, 1.54) is 12.1 Å². The molecule has 0 heterocycles. The molecule has 0 saturated heterocycles. The second-order valence-corrected chi connectivity index (χ2v) is 6.21. The number of nitro groups is 1. The largest absolute Gasteiger partial charge is 0.356 e. The van der Waals surface area contributed by atoms with E-state index in [0.717, 1.165) is 17.1 Å². The lowest BCUT2D eigenvalue weighted by molar-refractivity contribution is -0.384. The first-order chi connectivity index (χ1) is 10.8. The van der Waals surface area contributed by atoms with E-state index in [2.05, 4.69) is 10.6 Å². The number of anilines is 3. The van der Waals surface area contributed by atoms with Gasteiger partial charge in [0.15, 0.2) is 0 Å². The molecule has 0 spiro atoms. The molecule has 1 amide bonds. The number of nitrogens with zero attached hydrogens (tertiary/aromatic N) is 1. The highest BCUT2D eigenvalue weighted by atomic mass is 16.6. The normalized spacial score (nSPS) is 10.9. The van der Waals surface area contributed by atoms with Crippen LogP contribution in [-0.2, 0) is 4.79 Å². The third-order valence-corrected chi connectivity index (χ3v) is 3.19. The van der Waals surface area contributed by atoms with Crippen molar-refractivity contribution in [1.82, 2.24) is 0 Å². The van der Waals surface area contributed by atoms with Crippen molar-refractivity contribution in [2.24, 2.45) is 5.41 Å². The second-order valence-electron chi connectivity index (χ2n) is 6.21. The zero-order valence-electron chi connectivity index (χ0n) is 13.3. The van der Waals surface area contributed by atoms with Gasteiger partial charge in [-0.3, -0.25) is 14.9 Å². The number of nitro benzene ring substituents is 1. The molecule has 0 radical (unpaired) electrons. The Labute approximate surface area is 134 Å². The number of benzene rings is 2. The van der Waals surface area contributed by atoms with Crippen LogP contribution in [0.5, 0.6) is 0 Å². The number of amides is 1. The van der Waals surface area contributed by atoms with Crippen LogP contribution in [0.4, 0.5) is 22.7 Å². The van der Waals surface area contributed by atoms with Gasteiger partial charge in [0.1, 0.15) is 0 Å². The molecule has 2 aromatic carbocycles. The van der Waals surface area contributed by atoms with E-state index in [1.807, 2.05) is 32.9 Å². The minimum atomic E-state index is -0.449. The van der Waals surface area contributed by atoms with E-state index in [-0.39, 0.29) is 11.6 Å². The molecule has 0 atom stereocenters. The number of hydrogen-bond acceptors (Lipinski definition) is 4. The van der Waals surface area contributed by atoms with Crippen LogP contribution in [0.15, 0.2) is 48.5 Å². The van der Waals surface area contributed by atoms with Crippen LogP contribution in [0.25, 0.3) is 0 Å². The smallest absolute Gasteiger partial charge is 0.269 e. The molecule has 0 fully saturated rings. The molecule has 2 N–H and O–H groups in total. The Hall–Kier alpha value is -2.89. The zero-order valence-corrected chi connectivity index (χ0v) is 13.3. The van der Waals surface area contributed by atoms with E-state index in [9.17, 15) is 14.9 Å². The van der Waals surface area contributed by atoms with Crippen LogP contribution in [0.1, 0.15) is 20.8 Å². The van der Waals surface area contributed by atoms with Gasteiger partial charge < -0.3 is 10.6 Å². The molecule has 0 bridgehead atoms. The predicted octanol–water partition coefficient (Wildman–Crippen LogP) is 4.32. The molecule has 6 heteroatoms. The van der Waals surface area contributed by atoms with Crippen LogP contribution in [0.2, 0.25) is 0 Å². The first-order valence-electron chi connectivity index (χ1n) is 7.19. The average molecular weight is 313 g/mol. The van der Waals surface area contributed by atoms with Crippen molar-refractivity contribution >= 4 is 28.7 Å². The fraction of sp³-hybridized carbons (Fsp3) is 0.235. The maximum absolute atomic E-state index is 11.9. The van der Waals surface area contributed by atoms with Crippen molar-refractivity contribution in [3.63, 3.8) is 0 Å². The number of carbonyl (C=O) groups is 1. The van der Waals surface area contributed by atoms with Gasteiger partial charge in [0, 0.05) is 34.6 Å². The van der Waals surface area contributed by atoms with E-state index >= 15 is 0 Å². The summed E-state index contributed by atoms with van der Waals surface area (Å²) in [5.41, 5.74) is 1.90. The summed E-state index contributed by atoms with van der Waals surface area (Å²) in [6.07, 6.45) is 0. The Morgan fingerprint density at radius 3 is 1.78 bits per heavy atom. The van der Waals surface area contributed by atoms with Crippen LogP contribution in [0, 0.1) is 15.5 Å². The molecule has 0 aliphatic rings. The molecule has 23 heavy (non-hydrogen) atoms. The highest BCUT2D eigenvalue weighted by molar-refractivity contribution is 5.94.